The fourth-order valence-corrected chi connectivity index (χ4v) is 2.84. The third kappa shape index (κ3) is 5.42. The van der Waals surface area contributed by atoms with Gasteiger partial charge >= 0.3 is 0 Å². The first-order valence-electron chi connectivity index (χ1n) is 8.17. The van der Waals surface area contributed by atoms with Crippen molar-refractivity contribution in [1.82, 2.24) is 5.43 Å². The van der Waals surface area contributed by atoms with Crippen LogP contribution < -0.4 is 10.2 Å². The van der Waals surface area contributed by atoms with Gasteiger partial charge in [0.15, 0.2) is 0 Å². The zero-order valence-electron chi connectivity index (χ0n) is 14.2. The Morgan fingerprint density at radius 1 is 1.04 bits per heavy atom. The first-order chi connectivity index (χ1) is 13.1. The summed E-state index contributed by atoms with van der Waals surface area (Å²) < 4.78 is 6.70. The van der Waals surface area contributed by atoms with Crippen molar-refractivity contribution in [2.24, 2.45) is 5.10 Å². The lowest BCUT2D eigenvalue weighted by Crippen LogP contribution is -2.18. The van der Waals surface area contributed by atoms with Gasteiger partial charge in [-0.05, 0) is 35.9 Å². The fraction of sp³-hybridized carbons (Fsp3) is 0.0476. The molecule has 1 N–H and O–H groups in total. The average molecular weight is 444 g/mol. The molecule has 1 amide bonds. The van der Waals surface area contributed by atoms with Gasteiger partial charge < -0.3 is 4.74 Å². The minimum absolute atomic E-state index is 0.335. The van der Waals surface area contributed by atoms with Gasteiger partial charge in [0.1, 0.15) is 12.4 Å². The molecule has 3 rings (SSSR count). The normalized spacial score (nSPS) is 10.7. The second kappa shape index (κ2) is 9.35. The van der Waals surface area contributed by atoms with E-state index in [1.807, 2.05) is 42.5 Å². The summed E-state index contributed by atoms with van der Waals surface area (Å²) in [5.74, 6) is 0.144. The van der Waals surface area contributed by atoms with Crippen LogP contribution >= 0.6 is 27.5 Å². The summed E-state index contributed by atoms with van der Waals surface area (Å²) in [7, 11) is 0. The number of nitrogens with one attached hydrogen (secondary N) is 1. The molecule has 0 fully saturated rings. The van der Waals surface area contributed by atoms with Crippen LogP contribution in [0.5, 0.6) is 5.75 Å². The molecule has 0 saturated heterocycles. The van der Waals surface area contributed by atoms with Crippen molar-refractivity contribution in [2.75, 3.05) is 0 Å². The lowest BCUT2D eigenvalue weighted by molar-refractivity contribution is 0.0950. The number of halogens is 2. The van der Waals surface area contributed by atoms with Gasteiger partial charge in [0.25, 0.3) is 5.91 Å². The van der Waals surface area contributed by atoms with Gasteiger partial charge in [-0.25, -0.2) is 5.43 Å². The highest BCUT2D eigenvalue weighted by Gasteiger charge is 2.11. The summed E-state index contributed by atoms with van der Waals surface area (Å²) in [6.45, 7) is 0.335. The molecule has 0 aliphatic rings. The van der Waals surface area contributed by atoms with E-state index in [1.165, 1.54) is 0 Å². The van der Waals surface area contributed by atoms with Crippen molar-refractivity contribution in [2.45, 2.75) is 6.61 Å². The molecule has 0 heterocycles. The van der Waals surface area contributed by atoms with Gasteiger partial charge in [0.05, 0.1) is 11.8 Å². The van der Waals surface area contributed by atoms with E-state index in [2.05, 4.69) is 26.5 Å². The Labute approximate surface area is 171 Å². The zero-order valence-corrected chi connectivity index (χ0v) is 16.6. The van der Waals surface area contributed by atoms with Gasteiger partial charge in [-0.1, -0.05) is 70.0 Å². The summed E-state index contributed by atoms with van der Waals surface area (Å²) in [6, 6.07) is 22.0. The third-order valence-corrected chi connectivity index (χ3v) is 4.69. The fourth-order valence-electron chi connectivity index (χ4n) is 2.32. The van der Waals surface area contributed by atoms with Crippen molar-refractivity contribution in [3.8, 4) is 5.75 Å². The number of rotatable bonds is 6. The quantitative estimate of drug-likeness (QED) is 0.407. The molecular weight excluding hydrogens is 428 g/mol. The number of benzene rings is 3. The highest BCUT2D eigenvalue weighted by Crippen LogP contribution is 2.20. The van der Waals surface area contributed by atoms with Gasteiger partial charge in [-0.3, -0.25) is 4.79 Å². The van der Waals surface area contributed by atoms with Crippen molar-refractivity contribution in [3.05, 3.63) is 99.0 Å². The van der Waals surface area contributed by atoms with E-state index in [0.29, 0.717) is 22.9 Å². The molecule has 0 bridgehead atoms. The Bertz CT molecular complexity index is 958. The van der Waals surface area contributed by atoms with Crippen molar-refractivity contribution in [1.29, 1.82) is 0 Å². The zero-order chi connectivity index (χ0) is 19.1. The maximum atomic E-state index is 12.5. The van der Waals surface area contributed by atoms with E-state index in [-0.39, 0.29) is 5.91 Å². The molecule has 4 nitrogen and oxygen atoms in total. The molecule has 3 aromatic carbocycles. The maximum Gasteiger partial charge on any atom is 0.275 e. The van der Waals surface area contributed by atoms with E-state index in [9.17, 15) is 4.79 Å². The lowest BCUT2D eigenvalue weighted by Gasteiger charge is -2.10. The molecule has 0 spiro atoms. The number of nitrogens with zero attached hydrogens (tertiary/aromatic N) is 1. The molecule has 0 aliphatic carbocycles. The molecule has 6 heteroatoms. The van der Waals surface area contributed by atoms with Crippen LogP contribution in [0.15, 0.2) is 82.4 Å². The molecule has 27 heavy (non-hydrogen) atoms. The van der Waals surface area contributed by atoms with Crippen LogP contribution in [0.1, 0.15) is 21.5 Å². The highest BCUT2D eigenvalue weighted by molar-refractivity contribution is 9.10. The van der Waals surface area contributed by atoms with Crippen molar-refractivity contribution < 1.29 is 9.53 Å². The second-order valence-electron chi connectivity index (χ2n) is 5.63. The van der Waals surface area contributed by atoms with Crippen LogP contribution in [0.4, 0.5) is 0 Å². The van der Waals surface area contributed by atoms with Gasteiger partial charge in [0, 0.05) is 15.1 Å². The van der Waals surface area contributed by atoms with Crippen LogP contribution in [0.3, 0.4) is 0 Å². The predicted molar refractivity (Wildman–Crippen MR) is 111 cm³/mol. The van der Waals surface area contributed by atoms with Crippen LogP contribution in [0.2, 0.25) is 5.02 Å². The summed E-state index contributed by atoms with van der Waals surface area (Å²) in [4.78, 5) is 12.5. The average Bonchev–Trinajstić information content (AvgIpc) is 2.69. The third-order valence-electron chi connectivity index (χ3n) is 3.71. The van der Waals surface area contributed by atoms with E-state index in [1.54, 1.807) is 36.5 Å². The number of para-hydroxylation sites is 1. The lowest BCUT2D eigenvalue weighted by atomic mass is 10.2. The van der Waals surface area contributed by atoms with Crippen LogP contribution in [-0.2, 0) is 6.61 Å². The van der Waals surface area contributed by atoms with E-state index < -0.39 is 0 Å². The largest absolute Gasteiger partial charge is 0.488 e. The first-order valence-corrected chi connectivity index (χ1v) is 9.35. The van der Waals surface area contributed by atoms with Crippen LogP contribution in [0, 0.1) is 0 Å². The number of hydrogen-bond acceptors (Lipinski definition) is 3. The molecule has 0 saturated carbocycles. The molecule has 3 aromatic rings. The smallest absolute Gasteiger partial charge is 0.275 e. The Morgan fingerprint density at radius 3 is 2.52 bits per heavy atom. The molecule has 0 unspecified atom stereocenters. The number of hydrogen-bond donors (Lipinski definition) is 1. The molecule has 0 atom stereocenters. The molecule has 136 valence electrons. The minimum Gasteiger partial charge on any atom is -0.488 e. The van der Waals surface area contributed by atoms with E-state index in [4.69, 9.17) is 16.3 Å². The summed E-state index contributed by atoms with van der Waals surface area (Å²) in [6.07, 6.45) is 1.58. The first kappa shape index (κ1) is 19.1. The Balaban J connectivity index is 1.66. The summed E-state index contributed by atoms with van der Waals surface area (Å²) in [5.41, 5.74) is 4.77. The monoisotopic (exact) mass is 442 g/mol. The topological polar surface area (TPSA) is 50.7 Å². The SMILES string of the molecule is O=C(N/N=C\c1ccccc1Br)c1ccccc1OCc1ccc(Cl)cc1. The minimum atomic E-state index is -0.343. The van der Waals surface area contributed by atoms with Crippen LogP contribution in [0.25, 0.3) is 0 Å². The van der Waals surface area contributed by atoms with Gasteiger partial charge in [0.2, 0.25) is 0 Å². The molecule has 0 aliphatic heterocycles. The number of hydrazone groups is 1. The Hall–Kier alpha value is -2.63. The van der Waals surface area contributed by atoms with Crippen molar-refractivity contribution >= 4 is 39.7 Å². The molecule has 0 aromatic heterocycles. The number of carbonyl (C=O) groups excluding carboxylic acids is 1. The highest BCUT2D eigenvalue weighted by atomic mass is 79.9. The van der Waals surface area contributed by atoms with Crippen LogP contribution in [-0.4, -0.2) is 12.1 Å². The van der Waals surface area contributed by atoms with E-state index >= 15 is 0 Å². The summed E-state index contributed by atoms with van der Waals surface area (Å²) in [5, 5.41) is 4.69. The molecular formula is C21H16BrClN2O2. The molecule has 0 radical (unpaired) electrons. The van der Waals surface area contributed by atoms with E-state index in [0.717, 1.165) is 15.6 Å². The number of carbonyl (C=O) groups is 1. The van der Waals surface area contributed by atoms with Crippen molar-refractivity contribution in [3.63, 3.8) is 0 Å². The summed E-state index contributed by atoms with van der Waals surface area (Å²) >= 11 is 9.32. The number of ether oxygens (including phenoxy) is 1. The van der Waals surface area contributed by atoms with Gasteiger partial charge in [-0.2, -0.15) is 5.10 Å². The number of amides is 1. The Morgan fingerprint density at radius 2 is 1.74 bits per heavy atom. The standard InChI is InChI=1S/C21H16BrClN2O2/c22-19-7-3-1-5-16(19)13-24-25-21(26)18-6-2-4-8-20(18)27-14-15-9-11-17(23)12-10-15/h1-13H,14H2,(H,25,26)/b24-13-. The predicted octanol–water partition coefficient (Wildman–Crippen LogP) is 5.45. The van der Waals surface area contributed by atoms with Gasteiger partial charge in [-0.15, -0.1) is 0 Å². The Kier molecular flexibility index (Phi) is 6.63. The second-order valence-corrected chi connectivity index (χ2v) is 6.92. The maximum absolute atomic E-state index is 12.5.